The molecule has 0 unspecified atom stereocenters. The van der Waals surface area contributed by atoms with Crippen molar-refractivity contribution in [3.63, 3.8) is 0 Å². The van der Waals surface area contributed by atoms with E-state index in [1.54, 1.807) is 18.2 Å². The van der Waals surface area contributed by atoms with E-state index in [4.69, 9.17) is 16.0 Å². The first kappa shape index (κ1) is 13.2. The molecular formula is C12H13ClN2O2S. The summed E-state index contributed by atoms with van der Waals surface area (Å²) < 4.78 is 5.49. The Kier molecular flexibility index (Phi) is 4.49. The van der Waals surface area contributed by atoms with E-state index in [0.29, 0.717) is 28.1 Å². The smallest absolute Gasteiger partial charge is 0.257 e. The highest BCUT2D eigenvalue weighted by Crippen LogP contribution is 2.25. The van der Waals surface area contributed by atoms with Gasteiger partial charge in [0.2, 0.25) is 5.91 Å². The number of carbonyl (C=O) groups is 1. The molecule has 1 heterocycles. The van der Waals surface area contributed by atoms with Crippen LogP contribution in [0.3, 0.4) is 0 Å². The van der Waals surface area contributed by atoms with Crippen LogP contribution in [-0.2, 0) is 4.79 Å². The molecule has 2 aromatic rings. The van der Waals surface area contributed by atoms with E-state index in [1.165, 1.54) is 11.8 Å². The summed E-state index contributed by atoms with van der Waals surface area (Å²) >= 11 is 7.13. The highest BCUT2D eigenvalue weighted by molar-refractivity contribution is 7.99. The highest BCUT2D eigenvalue weighted by atomic mass is 35.5. The van der Waals surface area contributed by atoms with Gasteiger partial charge in [-0.25, -0.2) is 4.98 Å². The molecule has 18 heavy (non-hydrogen) atoms. The van der Waals surface area contributed by atoms with E-state index in [1.807, 2.05) is 6.92 Å². The Bertz CT molecular complexity index is 556. The summed E-state index contributed by atoms with van der Waals surface area (Å²) in [5.41, 5.74) is 1.38. The van der Waals surface area contributed by atoms with Gasteiger partial charge in [0.25, 0.3) is 5.22 Å². The summed E-state index contributed by atoms with van der Waals surface area (Å²) in [7, 11) is 0. The number of amides is 1. The van der Waals surface area contributed by atoms with Crippen LogP contribution < -0.4 is 5.32 Å². The largest absolute Gasteiger partial charge is 0.431 e. The van der Waals surface area contributed by atoms with Crippen LogP contribution in [0.1, 0.15) is 13.3 Å². The first-order chi connectivity index (χ1) is 8.69. The molecule has 1 amide bonds. The number of fused-ring (bicyclic) bond motifs is 1. The van der Waals surface area contributed by atoms with Crippen LogP contribution in [0.2, 0.25) is 5.02 Å². The van der Waals surface area contributed by atoms with Gasteiger partial charge in [0.15, 0.2) is 5.58 Å². The number of thioether (sulfide) groups is 1. The van der Waals surface area contributed by atoms with Gasteiger partial charge in [0.1, 0.15) is 5.52 Å². The van der Waals surface area contributed by atoms with E-state index in [-0.39, 0.29) is 5.91 Å². The molecule has 0 atom stereocenters. The van der Waals surface area contributed by atoms with Gasteiger partial charge in [-0.15, -0.1) is 0 Å². The summed E-state index contributed by atoms with van der Waals surface area (Å²) in [6.45, 7) is 2.71. The molecule has 1 aromatic heterocycles. The lowest BCUT2D eigenvalue weighted by Gasteiger charge is -2.00. The number of hydrogen-bond donors (Lipinski definition) is 1. The lowest BCUT2D eigenvalue weighted by Crippen LogP contribution is -2.25. The maximum Gasteiger partial charge on any atom is 0.257 e. The molecule has 0 aliphatic heterocycles. The number of hydrogen-bond acceptors (Lipinski definition) is 4. The van der Waals surface area contributed by atoms with Crippen LogP contribution >= 0.6 is 23.4 Å². The van der Waals surface area contributed by atoms with Gasteiger partial charge in [-0.3, -0.25) is 4.79 Å². The van der Waals surface area contributed by atoms with Crippen LogP contribution in [0.25, 0.3) is 11.1 Å². The zero-order valence-corrected chi connectivity index (χ0v) is 11.5. The molecule has 96 valence electrons. The monoisotopic (exact) mass is 284 g/mol. The maximum atomic E-state index is 11.4. The Balaban J connectivity index is 1.97. The quantitative estimate of drug-likeness (QED) is 0.857. The second-order valence-corrected chi connectivity index (χ2v) is 5.09. The van der Waals surface area contributed by atoms with Gasteiger partial charge in [0.05, 0.1) is 5.75 Å². The van der Waals surface area contributed by atoms with Gasteiger partial charge < -0.3 is 9.73 Å². The van der Waals surface area contributed by atoms with E-state index in [0.717, 1.165) is 11.9 Å². The Labute approximate surface area is 114 Å². The van der Waals surface area contributed by atoms with Crippen molar-refractivity contribution in [1.29, 1.82) is 0 Å². The number of oxazole rings is 1. The Morgan fingerprint density at radius 2 is 2.39 bits per heavy atom. The second kappa shape index (κ2) is 6.11. The first-order valence-corrected chi connectivity index (χ1v) is 7.01. The first-order valence-electron chi connectivity index (χ1n) is 5.64. The van der Waals surface area contributed by atoms with Crippen molar-refractivity contribution in [3.8, 4) is 0 Å². The molecule has 0 aliphatic rings. The SMILES string of the molecule is CCCNC(=O)CSc1nc2ccc(Cl)cc2o1. The minimum Gasteiger partial charge on any atom is -0.431 e. The molecule has 0 spiro atoms. The lowest BCUT2D eigenvalue weighted by molar-refractivity contribution is -0.118. The predicted molar refractivity (Wildman–Crippen MR) is 73.0 cm³/mol. The molecule has 6 heteroatoms. The fourth-order valence-corrected chi connectivity index (χ4v) is 2.21. The molecule has 0 radical (unpaired) electrons. The molecular weight excluding hydrogens is 272 g/mol. The minimum atomic E-state index is -0.0119. The number of rotatable bonds is 5. The standard InChI is InChI=1S/C12H13ClN2O2S/c1-2-5-14-11(16)7-18-12-15-9-4-3-8(13)6-10(9)17-12/h3-4,6H,2,5,7H2,1H3,(H,14,16). The number of benzene rings is 1. The van der Waals surface area contributed by atoms with Crippen molar-refractivity contribution in [1.82, 2.24) is 10.3 Å². The van der Waals surface area contributed by atoms with Crippen LogP contribution in [0.5, 0.6) is 0 Å². The summed E-state index contributed by atoms with van der Waals surface area (Å²) in [6.07, 6.45) is 0.928. The lowest BCUT2D eigenvalue weighted by atomic mass is 10.3. The van der Waals surface area contributed by atoms with Gasteiger partial charge >= 0.3 is 0 Å². The van der Waals surface area contributed by atoms with Crippen molar-refractivity contribution in [3.05, 3.63) is 23.2 Å². The third kappa shape index (κ3) is 3.40. The molecule has 2 rings (SSSR count). The number of nitrogens with zero attached hydrogens (tertiary/aromatic N) is 1. The third-order valence-corrected chi connectivity index (χ3v) is 3.29. The topological polar surface area (TPSA) is 55.1 Å². The Morgan fingerprint density at radius 1 is 1.56 bits per heavy atom. The summed E-state index contributed by atoms with van der Waals surface area (Å²) in [4.78, 5) is 15.7. The predicted octanol–water partition coefficient (Wildman–Crippen LogP) is 3.10. The van der Waals surface area contributed by atoms with Crippen molar-refractivity contribution in [2.24, 2.45) is 0 Å². The van der Waals surface area contributed by atoms with Crippen LogP contribution in [0, 0.1) is 0 Å². The molecule has 0 saturated heterocycles. The third-order valence-electron chi connectivity index (χ3n) is 2.23. The zero-order chi connectivity index (χ0) is 13.0. The van der Waals surface area contributed by atoms with Gasteiger partial charge in [-0.05, 0) is 18.6 Å². The second-order valence-electron chi connectivity index (χ2n) is 3.73. The fraction of sp³-hybridized carbons (Fsp3) is 0.333. The number of carbonyl (C=O) groups excluding carboxylic acids is 1. The Morgan fingerprint density at radius 3 is 3.17 bits per heavy atom. The molecule has 0 saturated carbocycles. The van der Waals surface area contributed by atoms with Gasteiger partial charge in [-0.1, -0.05) is 30.3 Å². The van der Waals surface area contributed by atoms with E-state index in [2.05, 4.69) is 10.3 Å². The number of nitrogens with one attached hydrogen (secondary N) is 1. The molecule has 0 aliphatic carbocycles. The fourth-order valence-electron chi connectivity index (χ4n) is 1.38. The zero-order valence-electron chi connectivity index (χ0n) is 9.90. The van der Waals surface area contributed by atoms with Crippen molar-refractivity contribution in [2.45, 2.75) is 18.6 Å². The average molecular weight is 285 g/mol. The van der Waals surface area contributed by atoms with Gasteiger partial charge in [0, 0.05) is 17.6 Å². The van der Waals surface area contributed by atoms with Crippen molar-refractivity contribution >= 4 is 40.4 Å². The molecule has 1 aromatic carbocycles. The molecule has 1 N–H and O–H groups in total. The summed E-state index contributed by atoms with van der Waals surface area (Å²) in [6, 6.07) is 5.27. The summed E-state index contributed by atoms with van der Waals surface area (Å²) in [5.74, 6) is 0.294. The van der Waals surface area contributed by atoms with Crippen LogP contribution in [0.4, 0.5) is 0 Å². The normalized spacial score (nSPS) is 10.8. The van der Waals surface area contributed by atoms with E-state index in [9.17, 15) is 4.79 Å². The summed E-state index contributed by atoms with van der Waals surface area (Å²) in [5, 5.41) is 3.89. The minimum absolute atomic E-state index is 0.0119. The van der Waals surface area contributed by atoms with Crippen LogP contribution in [0.15, 0.2) is 27.8 Å². The van der Waals surface area contributed by atoms with Crippen LogP contribution in [-0.4, -0.2) is 23.2 Å². The molecule has 0 bridgehead atoms. The van der Waals surface area contributed by atoms with Crippen molar-refractivity contribution < 1.29 is 9.21 Å². The molecule has 0 fully saturated rings. The van der Waals surface area contributed by atoms with Gasteiger partial charge in [-0.2, -0.15) is 0 Å². The van der Waals surface area contributed by atoms with Crippen molar-refractivity contribution in [2.75, 3.05) is 12.3 Å². The van der Waals surface area contributed by atoms with E-state index >= 15 is 0 Å². The highest BCUT2D eigenvalue weighted by Gasteiger charge is 2.09. The Hall–Kier alpha value is -1.20. The number of halogens is 1. The van der Waals surface area contributed by atoms with E-state index < -0.39 is 0 Å². The average Bonchev–Trinajstić information content (AvgIpc) is 2.75. The maximum absolute atomic E-state index is 11.4. The number of aromatic nitrogens is 1. The molecule has 4 nitrogen and oxygen atoms in total.